The summed E-state index contributed by atoms with van der Waals surface area (Å²) in [6, 6.07) is 0.0946. The van der Waals surface area contributed by atoms with Gasteiger partial charge >= 0.3 is 0 Å². The molecule has 2 heterocycles. The summed E-state index contributed by atoms with van der Waals surface area (Å²) in [5.41, 5.74) is 0. The fraction of sp³-hybridized carbons (Fsp3) is 0.923. The Balaban J connectivity index is 1.86. The second-order valence-electron chi connectivity index (χ2n) is 5.64. The lowest BCUT2D eigenvalue weighted by Crippen LogP contribution is -2.51. The van der Waals surface area contributed by atoms with Crippen molar-refractivity contribution in [2.45, 2.75) is 45.6 Å². The lowest BCUT2D eigenvalue weighted by Gasteiger charge is -2.35. The van der Waals surface area contributed by atoms with Crippen LogP contribution in [0.3, 0.4) is 0 Å². The third-order valence-corrected chi connectivity index (χ3v) is 4.06. The van der Waals surface area contributed by atoms with Gasteiger partial charge in [-0.3, -0.25) is 4.79 Å². The van der Waals surface area contributed by atoms with E-state index < -0.39 is 0 Å². The molecular formula is C13H24N2O. The quantitative estimate of drug-likeness (QED) is 0.734. The second-order valence-corrected chi connectivity index (χ2v) is 5.64. The van der Waals surface area contributed by atoms with Gasteiger partial charge in [0, 0.05) is 13.1 Å². The normalized spacial score (nSPS) is 32.8. The van der Waals surface area contributed by atoms with Gasteiger partial charge in [0.25, 0.3) is 0 Å². The number of nitrogens with one attached hydrogen (secondary N) is 1. The maximum absolute atomic E-state index is 12.3. The standard InChI is InChI=1S/C13H24N2O/c1-10-4-7-15(8-5-10)13(16)12-9-11(2)3-6-14-12/h10-12,14H,3-9H2,1-2H3. The third kappa shape index (κ3) is 2.76. The van der Waals surface area contributed by atoms with Crippen LogP contribution in [0, 0.1) is 11.8 Å². The van der Waals surface area contributed by atoms with E-state index in [2.05, 4.69) is 24.1 Å². The summed E-state index contributed by atoms with van der Waals surface area (Å²) in [6.07, 6.45) is 4.58. The van der Waals surface area contributed by atoms with Crippen molar-refractivity contribution < 1.29 is 4.79 Å². The third-order valence-electron chi connectivity index (χ3n) is 4.06. The molecule has 2 unspecified atom stereocenters. The molecule has 0 aromatic rings. The monoisotopic (exact) mass is 224 g/mol. The van der Waals surface area contributed by atoms with Crippen LogP contribution in [0.2, 0.25) is 0 Å². The number of piperidine rings is 2. The molecule has 0 spiro atoms. The van der Waals surface area contributed by atoms with Gasteiger partial charge in [-0.2, -0.15) is 0 Å². The number of rotatable bonds is 1. The van der Waals surface area contributed by atoms with Crippen molar-refractivity contribution >= 4 is 5.91 Å². The number of nitrogens with zero attached hydrogens (tertiary/aromatic N) is 1. The van der Waals surface area contributed by atoms with E-state index in [0.29, 0.717) is 11.8 Å². The molecule has 0 radical (unpaired) electrons. The molecule has 1 amide bonds. The van der Waals surface area contributed by atoms with Crippen LogP contribution in [0.5, 0.6) is 0 Å². The molecule has 2 rings (SSSR count). The fourth-order valence-electron chi connectivity index (χ4n) is 2.75. The molecule has 2 aliphatic rings. The molecule has 0 bridgehead atoms. The Morgan fingerprint density at radius 1 is 1.12 bits per heavy atom. The highest BCUT2D eigenvalue weighted by molar-refractivity contribution is 5.82. The van der Waals surface area contributed by atoms with Crippen molar-refractivity contribution in [2.24, 2.45) is 11.8 Å². The lowest BCUT2D eigenvalue weighted by atomic mass is 9.92. The zero-order valence-corrected chi connectivity index (χ0v) is 10.5. The minimum Gasteiger partial charge on any atom is -0.341 e. The molecule has 0 aliphatic carbocycles. The van der Waals surface area contributed by atoms with Crippen LogP contribution in [0.4, 0.5) is 0 Å². The Labute approximate surface area is 98.6 Å². The SMILES string of the molecule is CC1CCN(C(=O)C2CC(C)CCN2)CC1. The minimum atomic E-state index is 0.0946. The smallest absolute Gasteiger partial charge is 0.239 e. The second kappa shape index (κ2) is 5.17. The highest BCUT2D eigenvalue weighted by atomic mass is 16.2. The summed E-state index contributed by atoms with van der Waals surface area (Å²) >= 11 is 0. The van der Waals surface area contributed by atoms with Gasteiger partial charge in [-0.25, -0.2) is 0 Å². The first-order chi connectivity index (χ1) is 7.66. The molecule has 2 saturated heterocycles. The Bertz CT molecular complexity index is 246. The number of carbonyl (C=O) groups is 1. The molecule has 0 aromatic heterocycles. The average Bonchev–Trinajstić information content (AvgIpc) is 2.29. The van der Waals surface area contributed by atoms with Crippen LogP contribution in [0.25, 0.3) is 0 Å². The van der Waals surface area contributed by atoms with E-state index in [1.807, 2.05) is 0 Å². The highest BCUT2D eigenvalue weighted by Crippen LogP contribution is 2.20. The molecule has 0 aromatic carbocycles. The topological polar surface area (TPSA) is 32.3 Å². The number of hydrogen-bond acceptors (Lipinski definition) is 2. The van der Waals surface area contributed by atoms with Crippen LogP contribution in [0.15, 0.2) is 0 Å². The number of likely N-dealkylation sites (tertiary alicyclic amines) is 1. The Kier molecular flexibility index (Phi) is 3.85. The van der Waals surface area contributed by atoms with Crippen LogP contribution in [-0.4, -0.2) is 36.5 Å². The maximum atomic E-state index is 12.3. The molecule has 2 fully saturated rings. The van der Waals surface area contributed by atoms with Crippen molar-refractivity contribution in [3.63, 3.8) is 0 Å². The summed E-state index contributed by atoms with van der Waals surface area (Å²) in [7, 11) is 0. The van der Waals surface area contributed by atoms with Crippen LogP contribution >= 0.6 is 0 Å². The molecular weight excluding hydrogens is 200 g/mol. The van der Waals surface area contributed by atoms with E-state index >= 15 is 0 Å². The summed E-state index contributed by atoms with van der Waals surface area (Å²) in [5, 5.41) is 3.37. The largest absolute Gasteiger partial charge is 0.341 e. The molecule has 0 saturated carbocycles. The number of carbonyl (C=O) groups excluding carboxylic acids is 1. The first kappa shape index (κ1) is 11.9. The van der Waals surface area contributed by atoms with E-state index in [-0.39, 0.29) is 6.04 Å². The Morgan fingerprint density at radius 2 is 1.81 bits per heavy atom. The first-order valence-electron chi connectivity index (χ1n) is 6.69. The highest BCUT2D eigenvalue weighted by Gasteiger charge is 2.29. The van der Waals surface area contributed by atoms with Gasteiger partial charge in [0.05, 0.1) is 6.04 Å². The predicted molar refractivity (Wildman–Crippen MR) is 65.2 cm³/mol. The van der Waals surface area contributed by atoms with E-state index in [0.717, 1.165) is 32.0 Å². The van der Waals surface area contributed by atoms with Crippen molar-refractivity contribution in [1.29, 1.82) is 0 Å². The first-order valence-corrected chi connectivity index (χ1v) is 6.69. The number of amides is 1. The predicted octanol–water partition coefficient (Wildman–Crippen LogP) is 1.63. The van der Waals surface area contributed by atoms with Crippen LogP contribution in [-0.2, 0) is 4.79 Å². The minimum absolute atomic E-state index is 0.0946. The zero-order valence-electron chi connectivity index (χ0n) is 10.5. The van der Waals surface area contributed by atoms with Gasteiger partial charge in [-0.1, -0.05) is 13.8 Å². The van der Waals surface area contributed by atoms with Crippen LogP contribution < -0.4 is 5.32 Å². The van der Waals surface area contributed by atoms with Crippen molar-refractivity contribution in [2.75, 3.05) is 19.6 Å². The van der Waals surface area contributed by atoms with Gasteiger partial charge in [0.2, 0.25) is 5.91 Å². The van der Waals surface area contributed by atoms with Gasteiger partial charge in [-0.15, -0.1) is 0 Å². The van der Waals surface area contributed by atoms with Gasteiger partial charge in [-0.05, 0) is 44.1 Å². The average molecular weight is 224 g/mol. The summed E-state index contributed by atoms with van der Waals surface area (Å²) < 4.78 is 0. The Hall–Kier alpha value is -0.570. The summed E-state index contributed by atoms with van der Waals surface area (Å²) in [4.78, 5) is 14.3. The van der Waals surface area contributed by atoms with Crippen molar-refractivity contribution in [3.05, 3.63) is 0 Å². The van der Waals surface area contributed by atoms with E-state index in [1.54, 1.807) is 0 Å². The zero-order chi connectivity index (χ0) is 11.5. The molecule has 3 nitrogen and oxygen atoms in total. The molecule has 92 valence electrons. The Morgan fingerprint density at radius 3 is 2.44 bits per heavy atom. The molecule has 3 heteroatoms. The van der Waals surface area contributed by atoms with Gasteiger partial charge in [0.15, 0.2) is 0 Å². The van der Waals surface area contributed by atoms with E-state index in [4.69, 9.17) is 0 Å². The molecule has 16 heavy (non-hydrogen) atoms. The molecule has 2 atom stereocenters. The van der Waals surface area contributed by atoms with Gasteiger partial charge in [0.1, 0.15) is 0 Å². The number of hydrogen-bond donors (Lipinski definition) is 1. The summed E-state index contributed by atoms with van der Waals surface area (Å²) in [6.45, 7) is 7.46. The lowest BCUT2D eigenvalue weighted by molar-refractivity contribution is -0.135. The fourth-order valence-corrected chi connectivity index (χ4v) is 2.75. The van der Waals surface area contributed by atoms with Crippen molar-refractivity contribution in [1.82, 2.24) is 10.2 Å². The van der Waals surface area contributed by atoms with E-state index in [9.17, 15) is 4.79 Å². The molecule has 1 N–H and O–H groups in total. The van der Waals surface area contributed by atoms with Gasteiger partial charge < -0.3 is 10.2 Å². The summed E-state index contributed by atoms with van der Waals surface area (Å²) in [5.74, 6) is 1.83. The van der Waals surface area contributed by atoms with Crippen LogP contribution in [0.1, 0.15) is 39.5 Å². The van der Waals surface area contributed by atoms with Crippen molar-refractivity contribution in [3.8, 4) is 0 Å². The maximum Gasteiger partial charge on any atom is 0.239 e. The molecule has 2 aliphatic heterocycles. The van der Waals surface area contributed by atoms with E-state index in [1.165, 1.54) is 19.3 Å².